The second-order valence-corrected chi connectivity index (χ2v) is 8.05. The quantitative estimate of drug-likeness (QED) is 0.887. The normalized spacial score (nSPS) is 24.2. The summed E-state index contributed by atoms with van der Waals surface area (Å²) in [7, 11) is -2.28. The Hall–Kier alpha value is -1.74. The fraction of sp³-hybridized carbons (Fsp3) is 0.267. The average molecular weight is 351 g/mol. The second kappa shape index (κ2) is 6.40. The van der Waals surface area contributed by atoms with E-state index in [1.165, 1.54) is 18.4 Å². The van der Waals surface area contributed by atoms with Gasteiger partial charge in [-0.15, -0.1) is 11.3 Å². The molecule has 23 heavy (non-hydrogen) atoms. The first-order valence-electron chi connectivity index (χ1n) is 7.12. The molecule has 2 atom stereocenters. The van der Waals surface area contributed by atoms with Crippen LogP contribution in [0.5, 0.6) is 0 Å². The summed E-state index contributed by atoms with van der Waals surface area (Å²) in [5.41, 5.74) is 0.648. The minimum Gasteiger partial charge on any atom is -0.325 e. The second-order valence-electron chi connectivity index (χ2n) is 5.31. The molecule has 8 heteroatoms. The van der Waals surface area contributed by atoms with Crippen molar-refractivity contribution in [1.29, 1.82) is 0 Å². The van der Waals surface area contributed by atoms with Crippen molar-refractivity contribution in [3.8, 4) is 0 Å². The van der Waals surface area contributed by atoms with Crippen LogP contribution in [0.2, 0.25) is 0 Å². The molecule has 0 spiro atoms. The predicted molar refractivity (Wildman–Crippen MR) is 90.4 cm³/mol. The lowest BCUT2D eigenvalue weighted by atomic mass is 10.1. The minimum atomic E-state index is -3.69. The Bertz CT molecular complexity index is 776. The molecule has 1 aromatic carbocycles. The fourth-order valence-corrected chi connectivity index (χ4v) is 4.66. The van der Waals surface area contributed by atoms with E-state index in [0.717, 1.165) is 9.18 Å². The molecule has 1 amide bonds. The van der Waals surface area contributed by atoms with Crippen LogP contribution in [-0.2, 0) is 15.0 Å². The van der Waals surface area contributed by atoms with Crippen LogP contribution < -0.4 is 10.0 Å². The van der Waals surface area contributed by atoms with Crippen molar-refractivity contribution in [1.82, 2.24) is 9.03 Å². The fourth-order valence-electron chi connectivity index (χ4n) is 2.53. The maximum atomic E-state index is 12.5. The Kier molecular flexibility index (Phi) is 4.49. The van der Waals surface area contributed by atoms with Crippen LogP contribution in [0.3, 0.4) is 0 Å². The van der Waals surface area contributed by atoms with Crippen molar-refractivity contribution in [3.63, 3.8) is 0 Å². The van der Waals surface area contributed by atoms with E-state index < -0.39 is 16.3 Å². The monoisotopic (exact) mass is 351 g/mol. The number of likely N-dealkylation sites (N-methyl/N-ethyl adjacent to an activating group) is 1. The molecule has 3 rings (SSSR count). The van der Waals surface area contributed by atoms with E-state index in [-0.39, 0.29) is 11.9 Å². The van der Waals surface area contributed by atoms with Crippen molar-refractivity contribution in [3.05, 3.63) is 52.7 Å². The van der Waals surface area contributed by atoms with Crippen molar-refractivity contribution >= 4 is 33.1 Å². The standard InChI is InChI=1S/C15H17N3O3S2/c1-18-13(15(19)16-11-6-3-2-4-7-11)10-12(17-23(18,20)21)14-8-5-9-22-14/h2-9,12-13,17H,10H2,1H3,(H,16,19)/t12-,13+/m1/s1. The molecule has 0 bridgehead atoms. The molecule has 0 radical (unpaired) electrons. The number of anilines is 1. The van der Waals surface area contributed by atoms with Crippen molar-refractivity contribution in [2.45, 2.75) is 18.5 Å². The van der Waals surface area contributed by atoms with E-state index in [2.05, 4.69) is 10.0 Å². The van der Waals surface area contributed by atoms with Crippen molar-refractivity contribution < 1.29 is 13.2 Å². The molecule has 6 nitrogen and oxygen atoms in total. The van der Waals surface area contributed by atoms with Gasteiger partial charge in [0, 0.05) is 17.6 Å². The molecule has 1 aliphatic rings. The lowest BCUT2D eigenvalue weighted by molar-refractivity contribution is -0.120. The number of benzene rings is 1. The lowest BCUT2D eigenvalue weighted by Gasteiger charge is -2.35. The summed E-state index contributed by atoms with van der Waals surface area (Å²) < 4.78 is 28.3. The first-order chi connectivity index (χ1) is 11.0. The van der Waals surface area contributed by atoms with Gasteiger partial charge < -0.3 is 5.32 Å². The third kappa shape index (κ3) is 3.45. The molecule has 0 unspecified atom stereocenters. The first kappa shape index (κ1) is 16.1. The van der Waals surface area contributed by atoms with Gasteiger partial charge in [0.2, 0.25) is 5.91 Å². The van der Waals surface area contributed by atoms with E-state index >= 15 is 0 Å². The van der Waals surface area contributed by atoms with Gasteiger partial charge >= 0.3 is 0 Å². The third-order valence-electron chi connectivity index (χ3n) is 3.80. The number of hydrogen-bond acceptors (Lipinski definition) is 4. The lowest BCUT2D eigenvalue weighted by Crippen LogP contribution is -2.55. The van der Waals surface area contributed by atoms with E-state index in [4.69, 9.17) is 0 Å². The Labute approximate surface area is 139 Å². The summed E-state index contributed by atoms with van der Waals surface area (Å²) in [6.07, 6.45) is 0.384. The van der Waals surface area contributed by atoms with Gasteiger partial charge in [-0.3, -0.25) is 4.79 Å². The number of para-hydroxylation sites is 1. The molecular formula is C15H17N3O3S2. The molecule has 122 valence electrons. The highest BCUT2D eigenvalue weighted by Crippen LogP contribution is 2.30. The van der Waals surface area contributed by atoms with Gasteiger partial charge in [0.25, 0.3) is 10.2 Å². The Morgan fingerprint density at radius 2 is 2.00 bits per heavy atom. The van der Waals surface area contributed by atoms with Crippen LogP contribution in [0.15, 0.2) is 47.8 Å². The van der Waals surface area contributed by atoms with E-state index in [1.807, 2.05) is 35.7 Å². The predicted octanol–water partition coefficient (Wildman–Crippen LogP) is 1.97. The molecule has 1 aliphatic heterocycles. The van der Waals surface area contributed by atoms with Crippen LogP contribution in [0, 0.1) is 0 Å². The topological polar surface area (TPSA) is 78.5 Å². The van der Waals surface area contributed by atoms with Gasteiger partial charge in [-0.05, 0) is 30.0 Å². The third-order valence-corrected chi connectivity index (χ3v) is 6.38. The molecule has 0 saturated carbocycles. The maximum absolute atomic E-state index is 12.5. The first-order valence-corrected chi connectivity index (χ1v) is 9.44. The summed E-state index contributed by atoms with van der Waals surface area (Å²) in [4.78, 5) is 13.4. The number of nitrogens with zero attached hydrogens (tertiary/aromatic N) is 1. The number of hydrogen-bond donors (Lipinski definition) is 2. The van der Waals surface area contributed by atoms with Gasteiger partial charge in [0.15, 0.2) is 0 Å². The van der Waals surface area contributed by atoms with Crippen LogP contribution in [0.25, 0.3) is 0 Å². The Morgan fingerprint density at radius 3 is 2.65 bits per heavy atom. The molecular weight excluding hydrogens is 334 g/mol. The van der Waals surface area contributed by atoms with Crippen LogP contribution in [-0.4, -0.2) is 31.7 Å². The number of carbonyl (C=O) groups excluding carboxylic acids is 1. The van der Waals surface area contributed by atoms with E-state index in [1.54, 1.807) is 12.1 Å². The Morgan fingerprint density at radius 1 is 1.26 bits per heavy atom. The zero-order valence-electron chi connectivity index (χ0n) is 12.5. The molecule has 2 heterocycles. The zero-order chi connectivity index (χ0) is 16.4. The zero-order valence-corrected chi connectivity index (χ0v) is 14.1. The molecule has 2 N–H and O–H groups in total. The molecule has 1 aromatic heterocycles. The van der Waals surface area contributed by atoms with Crippen LogP contribution >= 0.6 is 11.3 Å². The highest BCUT2D eigenvalue weighted by Gasteiger charge is 2.40. The summed E-state index contributed by atoms with van der Waals surface area (Å²) in [6.45, 7) is 0. The summed E-state index contributed by atoms with van der Waals surface area (Å²) in [6, 6.07) is 11.6. The van der Waals surface area contributed by atoms with Crippen molar-refractivity contribution in [2.24, 2.45) is 0 Å². The van der Waals surface area contributed by atoms with Crippen molar-refractivity contribution in [2.75, 3.05) is 12.4 Å². The van der Waals surface area contributed by atoms with Gasteiger partial charge in [-0.1, -0.05) is 24.3 Å². The molecule has 1 saturated heterocycles. The number of thiophene rings is 1. The highest BCUT2D eigenvalue weighted by atomic mass is 32.2. The minimum absolute atomic E-state index is 0.328. The summed E-state index contributed by atoms with van der Waals surface area (Å²) in [5, 5.41) is 4.67. The van der Waals surface area contributed by atoms with Gasteiger partial charge in [0.1, 0.15) is 6.04 Å². The number of rotatable bonds is 3. The summed E-state index contributed by atoms with van der Waals surface area (Å²) >= 11 is 1.47. The average Bonchev–Trinajstić information content (AvgIpc) is 3.05. The van der Waals surface area contributed by atoms with E-state index in [0.29, 0.717) is 12.1 Å². The molecule has 2 aromatic rings. The van der Waals surface area contributed by atoms with Crippen LogP contribution in [0.1, 0.15) is 17.3 Å². The summed E-state index contributed by atoms with van der Waals surface area (Å²) in [5.74, 6) is -0.328. The van der Waals surface area contributed by atoms with Gasteiger partial charge in [-0.2, -0.15) is 17.4 Å². The van der Waals surface area contributed by atoms with Gasteiger partial charge in [-0.25, -0.2) is 0 Å². The number of nitrogens with one attached hydrogen (secondary N) is 2. The van der Waals surface area contributed by atoms with Crippen LogP contribution in [0.4, 0.5) is 5.69 Å². The maximum Gasteiger partial charge on any atom is 0.280 e. The SMILES string of the molecule is CN1[C@H](C(=O)Nc2ccccc2)C[C@H](c2cccs2)NS1(=O)=O. The Balaban J connectivity index is 1.83. The van der Waals surface area contributed by atoms with E-state index in [9.17, 15) is 13.2 Å². The largest absolute Gasteiger partial charge is 0.325 e. The number of amides is 1. The molecule has 0 aliphatic carbocycles. The number of carbonyl (C=O) groups is 1. The highest BCUT2D eigenvalue weighted by molar-refractivity contribution is 7.87. The van der Waals surface area contributed by atoms with Gasteiger partial charge in [0.05, 0.1) is 6.04 Å². The molecule has 1 fully saturated rings. The smallest absolute Gasteiger partial charge is 0.280 e.